The summed E-state index contributed by atoms with van der Waals surface area (Å²) < 4.78 is 7.42. The van der Waals surface area contributed by atoms with Crippen LogP contribution in [0.25, 0.3) is 0 Å². The first kappa shape index (κ1) is 13.6. The Morgan fingerprint density at radius 1 is 1.58 bits per heavy atom. The van der Waals surface area contributed by atoms with Crippen LogP contribution in [0.4, 0.5) is 0 Å². The summed E-state index contributed by atoms with van der Waals surface area (Å²) in [5, 5.41) is 4.38. The van der Waals surface area contributed by atoms with Gasteiger partial charge in [-0.15, -0.1) is 6.58 Å². The molecule has 0 fully saturated rings. The summed E-state index contributed by atoms with van der Waals surface area (Å²) in [6, 6.07) is 4.18. The molecule has 102 valence electrons. The third-order valence-corrected chi connectivity index (χ3v) is 3.54. The number of rotatable bonds is 6. The molecule has 1 unspecified atom stereocenters. The fourth-order valence-corrected chi connectivity index (χ4v) is 2.10. The van der Waals surface area contributed by atoms with E-state index >= 15 is 0 Å². The second-order valence-corrected chi connectivity index (χ2v) is 4.83. The Morgan fingerprint density at radius 2 is 2.37 bits per heavy atom. The second-order valence-electron chi connectivity index (χ2n) is 4.83. The zero-order valence-electron chi connectivity index (χ0n) is 11.8. The van der Waals surface area contributed by atoms with Crippen molar-refractivity contribution >= 4 is 0 Å². The van der Waals surface area contributed by atoms with Gasteiger partial charge in [0.05, 0.1) is 25.0 Å². The van der Waals surface area contributed by atoms with Crippen molar-refractivity contribution < 1.29 is 4.42 Å². The van der Waals surface area contributed by atoms with E-state index in [4.69, 9.17) is 4.42 Å². The minimum Gasteiger partial charge on any atom is -0.468 e. The molecular formula is C15H21N3O. The van der Waals surface area contributed by atoms with Crippen LogP contribution in [0.3, 0.4) is 0 Å². The minimum atomic E-state index is 0.247. The molecule has 19 heavy (non-hydrogen) atoms. The van der Waals surface area contributed by atoms with Crippen LogP contribution >= 0.6 is 0 Å². The third-order valence-electron chi connectivity index (χ3n) is 3.54. The van der Waals surface area contributed by atoms with E-state index in [1.54, 1.807) is 6.26 Å². The van der Waals surface area contributed by atoms with Crippen LogP contribution in [0.5, 0.6) is 0 Å². The van der Waals surface area contributed by atoms with Gasteiger partial charge in [-0.1, -0.05) is 6.08 Å². The second kappa shape index (κ2) is 5.89. The van der Waals surface area contributed by atoms with E-state index in [0.29, 0.717) is 0 Å². The average molecular weight is 259 g/mol. The van der Waals surface area contributed by atoms with E-state index in [1.165, 1.54) is 11.3 Å². The Balaban J connectivity index is 2.06. The van der Waals surface area contributed by atoms with Gasteiger partial charge in [-0.25, -0.2) is 0 Å². The van der Waals surface area contributed by atoms with Crippen LogP contribution in [0.1, 0.15) is 30.0 Å². The van der Waals surface area contributed by atoms with E-state index in [2.05, 4.69) is 37.5 Å². The van der Waals surface area contributed by atoms with Crippen molar-refractivity contribution in [3.8, 4) is 0 Å². The Kier molecular flexibility index (Phi) is 4.22. The first-order chi connectivity index (χ1) is 9.13. The summed E-state index contributed by atoms with van der Waals surface area (Å²) in [4.78, 5) is 2.25. The van der Waals surface area contributed by atoms with Crippen molar-refractivity contribution in [1.29, 1.82) is 0 Å². The summed E-state index contributed by atoms with van der Waals surface area (Å²) in [5.74, 6) is 0.985. The van der Waals surface area contributed by atoms with Gasteiger partial charge in [-0.3, -0.25) is 9.58 Å². The van der Waals surface area contributed by atoms with Crippen molar-refractivity contribution in [3.63, 3.8) is 0 Å². The Hall–Kier alpha value is -1.81. The van der Waals surface area contributed by atoms with Gasteiger partial charge < -0.3 is 4.42 Å². The van der Waals surface area contributed by atoms with Crippen molar-refractivity contribution in [2.75, 3.05) is 7.05 Å². The highest BCUT2D eigenvalue weighted by Crippen LogP contribution is 2.21. The molecule has 0 aliphatic carbocycles. The van der Waals surface area contributed by atoms with E-state index in [1.807, 2.05) is 29.1 Å². The van der Waals surface area contributed by atoms with Gasteiger partial charge in [-0.05, 0) is 33.0 Å². The third kappa shape index (κ3) is 2.96. The lowest BCUT2D eigenvalue weighted by Gasteiger charge is -2.22. The molecule has 0 spiro atoms. The van der Waals surface area contributed by atoms with Crippen LogP contribution in [0.2, 0.25) is 0 Å². The number of hydrogen-bond acceptors (Lipinski definition) is 3. The average Bonchev–Trinajstić information content (AvgIpc) is 3.03. The van der Waals surface area contributed by atoms with Crippen molar-refractivity contribution in [2.24, 2.45) is 0 Å². The number of nitrogens with zero attached hydrogens (tertiary/aromatic N) is 3. The first-order valence-electron chi connectivity index (χ1n) is 6.49. The largest absolute Gasteiger partial charge is 0.468 e. The van der Waals surface area contributed by atoms with Crippen LogP contribution < -0.4 is 0 Å². The molecule has 0 saturated carbocycles. The summed E-state index contributed by atoms with van der Waals surface area (Å²) in [6.07, 6.45) is 5.51. The Bertz CT molecular complexity index is 528. The van der Waals surface area contributed by atoms with Crippen LogP contribution in [-0.4, -0.2) is 21.7 Å². The summed E-state index contributed by atoms with van der Waals surface area (Å²) in [6.45, 7) is 9.59. The number of allylic oxidation sites excluding steroid dienone is 1. The molecular weight excluding hydrogens is 238 g/mol. The molecule has 4 nitrogen and oxygen atoms in total. The van der Waals surface area contributed by atoms with Crippen LogP contribution in [0, 0.1) is 6.92 Å². The molecule has 0 N–H and O–H groups in total. The topological polar surface area (TPSA) is 34.2 Å². The monoisotopic (exact) mass is 259 g/mol. The molecule has 2 aromatic rings. The molecule has 0 bridgehead atoms. The maximum absolute atomic E-state index is 5.45. The molecule has 0 radical (unpaired) electrons. The van der Waals surface area contributed by atoms with E-state index in [9.17, 15) is 0 Å². The molecule has 0 aliphatic rings. The van der Waals surface area contributed by atoms with E-state index in [0.717, 1.165) is 18.8 Å². The lowest BCUT2D eigenvalue weighted by atomic mass is 10.2. The maximum atomic E-state index is 5.45. The first-order valence-corrected chi connectivity index (χ1v) is 6.49. The van der Waals surface area contributed by atoms with Crippen LogP contribution in [0.15, 0.2) is 41.7 Å². The molecule has 0 saturated heterocycles. The van der Waals surface area contributed by atoms with Crippen LogP contribution in [-0.2, 0) is 13.1 Å². The highest BCUT2D eigenvalue weighted by Gasteiger charge is 2.16. The van der Waals surface area contributed by atoms with Crippen molar-refractivity contribution in [3.05, 3.63) is 54.3 Å². The van der Waals surface area contributed by atoms with Gasteiger partial charge in [0, 0.05) is 17.8 Å². The lowest BCUT2D eigenvalue weighted by Crippen LogP contribution is -2.21. The quantitative estimate of drug-likeness (QED) is 0.747. The molecule has 2 heterocycles. The van der Waals surface area contributed by atoms with Gasteiger partial charge >= 0.3 is 0 Å². The Labute approximate surface area is 114 Å². The van der Waals surface area contributed by atoms with Gasteiger partial charge in [0.15, 0.2) is 0 Å². The molecule has 4 heteroatoms. The zero-order valence-corrected chi connectivity index (χ0v) is 11.8. The number of furan rings is 1. The highest BCUT2D eigenvalue weighted by molar-refractivity contribution is 5.17. The summed E-state index contributed by atoms with van der Waals surface area (Å²) >= 11 is 0. The van der Waals surface area contributed by atoms with Gasteiger partial charge in [0.25, 0.3) is 0 Å². The summed E-state index contributed by atoms with van der Waals surface area (Å²) in [5.41, 5.74) is 2.43. The minimum absolute atomic E-state index is 0.247. The zero-order chi connectivity index (χ0) is 13.8. The smallest absolute Gasteiger partial charge is 0.120 e. The van der Waals surface area contributed by atoms with Gasteiger partial charge in [-0.2, -0.15) is 5.10 Å². The maximum Gasteiger partial charge on any atom is 0.120 e. The standard InChI is InChI=1S/C15H21N3O/c1-5-8-18-12(2)14(10-16-18)11-17(4)13(3)15-7-6-9-19-15/h5-7,9-10,13H,1,8,11H2,2-4H3. The summed E-state index contributed by atoms with van der Waals surface area (Å²) in [7, 11) is 2.09. The fourth-order valence-electron chi connectivity index (χ4n) is 2.10. The normalized spacial score (nSPS) is 12.8. The molecule has 0 amide bonds. The highest BCUT2D eigenvalue weighted by atomic mass is 16.3. The fraction of sp³-hybridized carbons (Fsp3) is 0.400. The molecule has 1 atom stereocenters. The van der Waals surface area contributed by atoms with E-state index in [-0.39, 0.29) is 6.04 Å². The van der Waals surface area contributed by atoms with Crippen molar-refractivity contribution in [2.45, 2.75) is 33.0 Å². The SMILES string of the molecule is C=CCn1ncc(CN(C)C(C)c2ccco2)c1C. The van der Waals surface area contributed by atoms with Gasteiger partial charge in [0.1, 0.15) is 5.76 Å². The predicted molar refractivity (Wildman–Crippen MR) is 75.8 cm³/mol. The lowest BCUT2D eigenvalue weighted by molar-refractivity contribution is 0.223. The number of hydrogen-bond donors (Lipinski definition) is 0. The molecule has 2 rings (SSSR count). The molecule has 0 aliphatic heterocycles. The van der Waals surface area contributed by atoms with Crippen molar-refractivity contribution in [1.82, 2.24) is 14.7 Å². The van der Waals surface area contributed by atoms with Gasteiger partial charge in [0.2, 0.25) is 0 Å². The van der Waals surface area contributed by atoms with E-state index < -0.39 is 0 Å². The predicted octanol–water partition coefficient (Wildman–Crippen LogP) is 3.16. The Morgan fingerprint density at radius 3 is 3.00 bits per heavy atom. The molecule has 2 aromatic heterocycles. The number of aromatic nitrogens is 2. The molecule has 0 aromatic carbocycles.